The van der Waals surface area contributed by atoms with Gasteiger partial charge in [0.1, 0.15) is 23.2 Å². The zero-order chi connectivity index (χ0) is 14.2. The summed E-state index contributed by atoms with van der Waals surface area (Å²) in [5.41, 5.74) is 11.6. The van der Waals surface area contributed by atoms with Crippen molar-refractivity contribution < 1.29 is 5.11 Å². The van der Waals surface area contributed by atoms with Crippen molar-refractivity contribution in [2.45, 2.75) is 0 Å². The Morgan fingerprint density at radius 3 is 2.47 bits per heavy atom. The lowest BCUT2D eigenvalue weighted by atomic mass is 10.1. The minimum absolute atomic E-state index is 0.0258. The lowest BCUT2D eigenvalue weighted by Gasteiger charge is -2.09. The molecule has 1 aromatic carbocycles. The summed E-state index contributed by atoms with van der Waals surface area (Å²) < 4.78 is 0. The van der Waals surface area contributed by atoms with Crippen LogP contribution >= 0.6 is 23.2 Å². The molecule has 0 bridgehead atoms. The lowest BCUT2D eigenvalue weighted by molar-refractivity contribution is 0.476. The van der Waals surface area contributed by atoms with E-state index < -0.39 is 0 Å². The molecule has 1 aromatic heterocycles. The molecule has 2 aromatic rings. The lowest BCUT2D eigenvalue weighted by Crippen LogP contribution is -2.05. The van der Waals surface area contributed by atoms with Gasteiger partial charge in [-0.2, -0.15) is 10.2 Å². The highest BCUT2D eigenvalue weighted by atomic mass is 35.5. The van der Waals surface area contributed by atoms with Crippen LogP contribution in [-0.4, -0.2) is 15.1 Å². The Morgan fingerprint density at radius 2 is 1.84 bits per heavy atom. The van der Waals surface area contributed by atoms with Crippen molar-refractivity contribution in [3.05, 3.63) is 27.7 Å². The minimum atomic E-state index is -0.194. The number of phenols is 1. The molecule has 1 heterocycles. The molecule has 5 N–H and O–H groups in total. The number of benzene rings is 1. The smallest absolute Gasteiger partial charge is 0.222 e. The van der Waals surface area contributed by atoms with Crippen LogP contribution in [0.3, 0.4) is 0 Å². The fraction of sp³-hybridized carbons (Fsp3) is 0. The van der Waals surface area contributed by atoms with Crippen LogP contribution in [-0.2, 0) is 0 Å². The van der Waals surface area contributed by atoms with E-state index in [1.54, 1.807) is 0 Å². The number of nitrogen functional groups attached to an aromatic ring is 2. The van der Waals surface area contributed by atoms with Crippen molar-refractivity contribution in [2.24, 2.45) is 0 Å². The molecule has 0 aliphatic rings. The minimum Gasteiger partial charge on any atom is -0.506 e. The van der Waals surface area contributed by atoms with E-state index in [4.69, 9.17) is 39.9 Å². The van der Waals surface area contributed by atoms with Gasteiger partial charge in [-0.05, 0) is 12.1 Å². The molecule has 0 saturated carbocycles. The molecular weight excluding hydrogens is 289 g/mol. The van der Waals surface area contributed by atoms with E-state index in [1.807, 2.05) is 6.07 Å². The van der Waals surface area contributed by atoms with Gasteiger partial charge in [-0.25, -0.2) is 4.98 Å². The van der Waals surface area contributed by atoms with Crippen molar-refractivity contribution >= 4 is 35.0 Å². The number of nitrogens with two attached hydrogens (primary N) is 2. The normalized spacial score (nSPS) is 10.2. The molecular formula is C11H7Cl2N5O. The second-order valence-electron chi connectivity index (χ2n) is 3.59. The highest BCUT2D eigenvalue weighted by molar-refractivity contribution is 6.37. The molecule has 0 amide bonds. The molecule has 0 spiro atoms. The van der Waals surface area contributed by atoms with E-state index in [2.05, 4.69) is 9.97 Å². The van der Waals surface area contributed by atoms with Gasteiger partial charge in [0.2, 0.25) is 5.95 Å². The molecule has 2 rings (SSSR count). The Morgan fingerprint density at radius 1 is 1.16 bits per heavy atom. The first-order chi connectivity index (χ1) is 8.93. The topological polar surface area (TPSA) is 122 Å². The van der Waals surface area contributed by atoms with Crippen molar-refractivity contribution in [3.63, 3.8) is 0 Å². The first kappa shape index (κ1) is 13.2. The van der Waals surface area contributed by atoms with Gasteiger partial charge in [0.05, 0.1) is 15.7 Å². The highest BCUT2D eigenvalue weighted by Gasteiger charge is 2.17. The first-order valence-corrected chi connectivity index (χ1v) is 5.71. The standard InChI is InChI=1S/C11H7Cl2N5O/c12-6-2-7(13)8(19)1-4(6)9-5(3-14)10(15)18-11(16)17-9/h1-2,19H,(H4,15,16,17,18). The third kappa shape index (κ3) is 2.34. The molecule has 19 heavy (non-hydrogen) atoms. The van der Waals surface area contributed by atoms with Crippen LogP contribution in [0, 0.1) is 11.3 Å². The van der Waals surface area contributed by atoms with Crippen LogP contribution in [0.15, 0.2) is 12.1 Å². The maximum Gasteiger partial charge on any atom is 0.222 e. The summed E-state index contributed by atoms with van der Waals surface area (Å²) in [6.45, 7) is 0. The third-order valence-corrected chi connectivity index (χ3v) is 2.97. The maximum absolute atomic E-state index is 9.61. The number of aromatic nitrogens is 2. The van der Waals surface area contributed by atoms with E-state index in [0.29, 0.717) is 5.56 Å². The molecule has 8 heteroatoms. The molecule has 6 nitrogen and oxygen atoms in total. The molecule has 0 aliphatic carbocycles. The first-order valence-electron chi connectivity index (χ1n) is 4.95. The van der Waals surface area contributed by atoms with Gasteiger partial charge in [-0.3, -0.25) is 0 Å². The van der Waals surface area contributed by atoms with Gasteiger partial charge in [0.15, 0.2) is 0 Å². The highest BCUT2D eigenvalue weighted by Crippen LogP contribution is 2.37. The number of halogens is 2. The largest absolute Gasteiger partial charge is 0.506 e. The van der Waals surface area contributed by atoms with Gasteiger partial charge in [-0.15, -0.1) is 0 Å². The summed E-state index contributed by atoms with van der Waals surface area (Å²) in [6.07, 6.45) is 0. The molecule has 0 fully saturated rings. The third-order valence-electron chi connectivity index (χ3n) is 2.36. The van der Waals surface area contributed by atoms with E-state index in [1.165, 1.54) is 12.1 Å². The van der Waals surface area contributed by atoms with Crippen LogP contribution in [0.5, 0.6) is 5.75 Å². The van der Waals surface area contributed by atoms with Crippen molar-refractivity contribution in [3.8, 4) is 23.1 Å². The van der Waals surface area contributed by atoms with Crippen LogP contribution in [0.1, 0.15) is 5.56 Å². The fourth-order valence-electron chi connectivity index (χ4n) is 1.52. The maximum atomic E-state index is 9.61. The summed E-state index contributed by atoms with van der Waals surface area (Å²) in [5.74, 6) is -0.353. The van der Waals surface area contributed by atoms with Crippen molar-refractivity contribution in [1.29, 1.82) is 5.26 Å². The summed E-state index contributed by atoms with van der Waals surface area (Å²) in [5, 5.41) is 19.0. The quantitative estimate of drug-likeness (QED) is 0.741. The Hall–Kier alpha value is -2.23. The average molecular weight is 296 g/mol. The van der Waals surface area contributed by atoms with Crippen molar-refractivity contribution in [2.75, 3.05) is 11.5 Å². The number of anilines is 2. The van der Waals surface area contributed by atoms with Gasteiger partial charge >= 0.3 is 0 Å². The van der Waals surface area contributed by atoms with Crippen LogP contribution in [0.4, 0.5) is 11.8 Å². The number of hydrogen-bond acceptors (Lipinski definition) is 6. The second-order valence-corrected chi connectivity index (χ2v) is 4.40. The molecule has 0 saturated heterocycles. The van der Waals surface area contributed by atoms with Crippen molar-refractivity contribution in [1.82, 2.24) is 9.97 Å². The Balaban J connectivity index is 2.79. The SMILES string of the molecule is N#Cc1c(N)nc(N)nc1-c1cc(O)c(Cl)cc1Cl. The van der Waals surface area contributed by atoms with Crippen LogP contribution in [0.2, 0.25) is 10.0 Å². The number of phenolic OH excluding ortho intramolecular Hbond substituents is 1. The van der Waals surface area contributed by atoms with Gasteiger partial charge < -0.3 is 16.6 Å². The summed E-state index contributed by atoms with van der Waals surface area (Å²) in [6, 6.07) is 4.49. The summed E-state index contributed by atoms with van der Waals surface area (Å²) >= 11 is 11.8. The second kappa shape index (κ2) is 4.80. The number of hydrogen-bond donors (Lipinski definition) is 3. The monoisotopic (exact) mass is 295 g/mol. The zero-order valence-electron chi connectivity index (χ0n) is 9.35. The van der Waals surface area contributed by atoms with Gasteiger partial charge in [0, 0.05) is 5.56 Å². The number of rotatable bonds is 1. The Bertz CT molecular complexity index is 711. The number of nitrogens with zero attached hydrogens (tertiary/aromatic N) is 3. The Labute approximate surface area is 118 Å². The fourth-order valence-corrected chi connectivity index (χ4v) is 1.99. The number of aromatic hydroxyl groups is 1. The number of nitriles is 1. The van der Waals surface area contributed by atoms with E-state index in [0.717, 1.165) is 0 Å². The molecule has 0 radical (unpaired) electrons. The van der Waals surface area contributed by atoms with E-state index in [9.17, 15) is 5.11 Å². The summed E-state index contributed by atoms with van der Waals surface area (Å²) in [4.78, 5) is 7.62. The molecule has 0 aliphatic heterocycles. The average Bonchev–Trinajstić information content (AvgIpc) is 2.33. The molecule has 0 atom stereocenters. The summed E-state index contributed by atoms with van der Waals surface area (Å²) in [7, 11) is 0. The Kier molecular flexibility index (Phi) is 3.34. The zero-order valence-corrected chi connectivity index (χ0v) is 10.9. The predicted octanol–water partition coefficient (Wildman–Crippen LogP) is 2.19. The van der Waals surface area contributed by atoms with E-state index >= 15 is 0 Å². The predicted molar refractivity (Wildman–Crippen MR) is 72.7 cm³/mol. The van der Waals surface area contributed by atoms with Gasteiger partial charge in [-0.1, -0.05) is 23.2 Å². The van der Waals surface area contributed by atoms with Crippen LogP contribution in [0.25, 0.3) is 11.3 Å². The molecule has 0 unspecified atom stereocenters. The molecule has 96 valence electrons. The van der Waals surface area contributed by atoms with Crippen LogP contribution < -0.4 is 11.5 Å². The van der Waals surface area contributed by atoms with Gasteiger partial charge in [0.25, 0.3) is 0 Å². The van der Waals surface area contributed by atoms with E-state index in [-0.39, 0.29) is 38.8 Å².